The molecule has 128 valence electrons. The minimum Gasteiger partial charge on any atom is -0.496 e. The van der Waals surface area contributed by atoms with Crippen molar-refractivity contribution in [1.29, 1.82) is 0 Å². The molecule has 23 heavy (non-hydrogen) atoms. The summed E-state index contributed by atoms with van der Waals surface area (Å²) in [6, 6.07) is 8.42. The highest BCUT2D eigenvalue weighted by atomic mass is 16.5. The first kappa shape index (κ1) is 17.6. The van der Waals surface area contributed by atoms with Gasteiger partial charge in [0.1, 0.15) is 5.75 Å². The Hall–Kier alpha value is -1.75. The molecule has 1 unspecified atom stereocenters. The minimum atomic E-state index is 0.0311. The number of ether oxygens (including phenoxy) is 2. The molecule has 1 fully saturated rings. The van der Waals surface area contributed by atoms with Gasteiger partial charge in [-0.3, -0.25) is 4.99 Å². The highest BCUT2D eigenvalue weighted by Gasteiger charge is 2.37. The normalized spacial score (nSPS) is 18.7. The average Bonchev–Trinajstić information content (AvgIpc) is 3.03. The highest BCUT2D eigenvalue weighted by Crippen LogP contribution is 2.44. The molecule has 5 nitrogen and oxygen atoms in total. The maximum atomic E-state index is 6.04. The first-order valence-corrected chi connectivity index (χ1v) is 8.30. The van der Waals surface area contributed by atoms with Crippen molar-refractivity contribution in [3.05, 3.63) is 29.8 Å². The summed E-state index contributed by atoms with van der Waals surface area (Å²) in [5, 5.41) is 3.17. The zero-order valence-electron chi connectivity index (χ0n) is 14.5. The SMILES string of the molecule is COCC(C)NC(N)=NCC1(c2ccccc2OC)CCCC1. The molecule has 0 amide bonds. The fourth-order valence-corrected chi connectivity index (χ4v) is 3.47. The van der Waals surface area contributed by atoms with E-state index in [-0.39, 0.29) is 11.5 Å². The molecule has 0 aliphatic heterocycles. The third-order valence-electron chi connectivity index (χ3n) is 4.60. The Balaban J connectivity index is 2.15. The van der Waals surface area contributed by atoms with Crippen molar-refractivity contribution in [2.24, 2.45) is 10.7 Å². The Morgan fingerprint density at radius 1 is 1.30 bits per heavy atom. The van der Waals surface area contributed by atoms with Gasteiger partial charge in [0.25, 0.3) is 0 Å². The fourth-order valence-electron chi connectivity index (χ4n) is 3.47. The van der Waals surface area contributed by atoms with E-state index in [4.69, 9.17) is 15.2 Å². The third-order valence-corrected chi connectivity index (χ3v) is 4.60. The number of rotatable bonds is 7. The summed E-state index contributed by atoms with van der Waals surface area (Å²) in [5.41, 5.74) is 7.33. The van der Waals surface area contributed by atoms with Crippen LogP contribution in [-0.4, -0.2) is 39.4 Å². The van der Waals surface area contributed by atoms with Crippen LogP contribution in [0.5, 0.6) is 5.75 Å². The molecule has 1 aliphatic rings. The molecule has 0 aromatic heterocycles. The maximum absolute atomic E-state index is 6.04. The third kappa shape index (κ3) is 4.38. The predicted octanol–water partition coefficient (Wildman–Crippen LogP) is 2.45. The largest absolute Gasteiger partial charge is 0.496 e. The van der Waals surface area contributed by atoms with Gasteiger partial charge < -0.3 is 20.5 Å². The Labute approximate surface area is 139 Å². The molecule has 5 heteroatoms. The molecule has 1 saturated carbocycles. The van der Waals surface area contributed by atoms with Gasteiger partial charge in [0.15, 0.2) is 5.96 Å². The standard InChI is InChI=1S/C18H29N3O2/c1-14(12-22-2)21-17(19)20-13-18(10-6-7-11-18)15-8-4-5-9-16(15)23-3/h4-5,8-9,14H,6-7,10-13H2,1-3H3,(H3,19,20,21). The fraction of sp³-hybridized carbons (Fsp3) is 0.611. The maximum Gasteiger partial charge on any atom is 0.188 e. The van der Waals surface area contributed by atoms with Crippen molar-refractivity contribution in [3.8, 4) is 5.75 Å². The monoisotopic (exact) mass is 319 g/mol. The lowest BCUT2D eigenvalue weighted by molar-refractivity contribution is 0.179. The molecule has 0 heterocycles. The lowest BCUT2D eigenvalue weighted by atomic mass is 9.78. The Morgan fingerprint density at radius 3 is 2.65 bits per heavy atom. The van der Waals surface area contributed by atoms with Crippen LogP contribution in [0, 0.1) is 0 Å². The van der Waals surface area contributed by atoms with Crippen molar-refractivity contribution in [2.45, 2.75) is 44.1 Å². The molecule has 1 aromatic carbocycles. The quantitative estimate of drug-likeness (QED) is 0.598. The molecule has 3 N–H and O–H groups in total. The second-order valence-electron chi connectivity index (χ2n) is 6.39. The molecular formula is C18H29N3O2. The van der Waals surface area contributed by atoms with Gasteiger partial charge in [-0.2, -0.15) is 0 Å². The molecule has 0 radical (unpaired) electrons. The van der Waals surface area contributed by atoms with E-state index >= 15 is 0 Å². The van der Waals surface area contributed by atoms with Crippen LogP contribution in [0.25, 0.3) is 0 Å². The number of hydrogen-bond donors (Lipinski definition) is 2. The predicted molar refractivity (Wildman–Crippen MR) is 94.1 cm³/mol. The van der Waals surface area contributed by atoms with Crippen LogP contribution in [0.2, 0.25) is 0 Å². The first-order chi connectivity index (χ1) is 11.1. The first-order valence-electron chi connectivity index (χ1n) is 8.30. The Kier molecular flexibility index (Phi) is 6.28. The Bertz CT molecular complexity index is 525. The summed E-state index contributed by atoms with van der Waals surface area (Å²) in [4.78, 5) is 4.62. The van der Waals surface area contributed by atoms with Crippen LogP contribution in [0.15, 0.2) is 29.3 Å². The van der Waals surface area contributed by atoms with E-state index in [1.165, 1.54) is 18.4 Å². The zero-order chi connectivity index (χ0) is 16.7. The van der Waals surface area contributed by atoms with Crippen molar-refractivity contribution in [2.75, 3.05) is 27.4 Å². The van der Waals surface area contributed by atoms with E-state index in [2.05, 4.69) is 22.4 Å². The second kappa shape index (κ2) is 8.20. The number of hydrogen-bond acceptors (Lipinski definition) is 3. The number of nitrogens with two attached hydrogens (primary N) is 1. The lowest BCUT2D eigenvalue weighted by Crippen LogP contribution is -2.41. The van der Waals surface area contributed by atoms with Crippen molar-refractivity contribution < 1.29 is 9.47 Å². The summed E-state index contributed by atoms with van der Waals surface area (Å²) in [6.45, 7) is 3.32. The van der Waals surface area contributed by atoms with Gasteiger partial charge in [-0.25, -0.2) is 0 Å². The molecule has 0 saturated heterocycles. The van der Waals surface area contributed by atoms with Crippen LogP contribution >= 0.6 is 0 Å². The van der Waals surface area contributed by atoms with Crippen LogP contribution < -0.4 is 15.8 Å². The van der Waals surface area contributed by atoms with Crippen molar-refractivity contribution in [3.63, 3.8) is 0 Å². The summed E-state index contributed by atoms with van der Waals surface area (Å²) in [6.07, 6.45) is 4.69. The number of methoxy groups -OCH3 is 2. The molecule has 0 bridgehead atoms. The van der Waals surface area contributed by atoms with E-state index < -0.39 is 0 Å². The van der Waals surface area contributed by atoms with Crippen LogP contribution in [0.1, 0.15) is 38.2 Å². The van der Waals surface area contributed by atoms with Crippen LogP contribution in [0.4, 0.5) is 0 Å². The molecule has 2 rings (SSSR count). The van der Waals surface area contributed by atoms with Gasteiger partial charge in [0.2, 0.25) is 0 Å². The zero-order valence-corrected chi connectivity index (χ0v) is 14.5. The average molecular weight is 319 g/mol. The van der Waals surface area contributed by atoms with Gasteiger partial charge in [-0.1, -0.05) is 31.0 Å². The topological polar surface area (TPSA) is 68.9 Å². The smallest absolute Gasteiger partial charge is 0.188 e. The molecule has 1 atom stereocenters. The summed E-state index contributed by atoms with van der Waals surface area (Å²) in [5.74, 6) is 1.43. The van der Waals surface area contributed by atoms with Crippen LogP contribution in [-0.2, 0) is 10.2 Å². The van der Waals surface area contributed by atoms with Gasteiger partial charge in [0, 0.05) is 24.1 Å². The molecule has 1 aromatic rings. The number of guanidine groups is 1. The van der Waals surface area contributed by atoms with E-state index in [1.807, 2.05) is 19.1 Å². The minimum absolute atomic E-state index is 0.0311. The number of nitrogens with zero attached hydrogens (tertiary/aromatic N) is 1. The summed E-state index contributed by atoms with van der Waals surface area (Å²) in [7, 11) is 3.41. The Morgan fingerprint density at radius 2 is 2.00 bits per heavy atom. The van der Waals surface area contributed by atoms with Gasteiger partial charge >= 0.3 is 0 Å². The molecular weight excluding hydrogens is 290 g/mol. The number of aliphatic imine (C=N–C) groups is 1. The van der Waals surface area contributed by atoms with E-state index in [0.717, 1.165) is 18.6 Å². The number of benzene rings is 1. The second-order valence-corrected chi connectivity index (χ2v) is 6.39. The van der Waals surface area contributed by atoms with E-state index in [9.17, 15) is 0 Å². The molecule has 0 spiro atoms. The van der Waals surface area contributed by atoms with Crippen molar-refractivity contribution >= 4 is 5.96 Å². The van der Waals surface area contributed by atoms with Gasteiger partial charge in [0.05, 0.1) is 20.3 Å². The van der Waals surface area contributed by atoms with E-state index in [0.29, 0.717) is 19.1 Å². The van der Waals surface area contributed by atoms with Crippen molar-refractivity contribution in [1.82, 2.24) is 5.32 Å². The van der Waals surface area contributed by atoms with E-state index in [1.54, 1.807) is 14.2 Å². The van der Waals surface area contributed by atoms with Crippen LogP contribution in [0.3, 0.4) is 0 Å². The summed E-state index contributed by atoms with van der Waals surface area (Å²) < 4.78 is 10.7. The van der Waals surface area contributed by atoms with Gasteiger partial charge in [-0.15, -0.1) is 0 Å². The van der Waals surface area contributed by atoms with Gasteiger partial charge in [-0.05, 0) is 25.8 Å². The highest BCUT2D eigenvalue weighted by molar-refractivity contribution is 5.78. The molecule has 1 aliphatic carbocycles. The summed E-state index contributed by atoms with van der Waals surface area (Å²) >= 11 is 0. The number of nitrogens with one attached hydrogen (secondary N) is 1. The lowest BCUT2D eigenvalue weighted by Gasteiger charge is -2.29. The number of para-hydroxylation sites is 1.